The van der Waals surface area contributed by atoms with E-state index in [-0.39, 0.29) is 5.41 Å². The normalized spacial score (nSPS) is 15.5. The molecule has 0 unspecified atom stereocenters. The molecular weight excluding hydrogens is 188 g/mol. The fraction of sp³-hybridized carbons (Fsp3) is 0.455. The molecule has 0 spiro atoms. The van der Waals surface area contributed by atoms with Gasteiger partial charge in [0.25, 0.3) is 0 Å². The maximum absolute atomic E-state index is 4.38. The van der Waals surface area contributed by atoms with Gasteiger partial charge in [-0.25, -0.2) is 0 Å². The summed E-state index contributed by atoms with van der Waals surface area (Å²) in [4.78, 5) is 4.38. The Hall–Kier alpha value is -1.58. The molecule has 0 saturated heterocycles. The molecule has 1 aromatic rings. The second-order valence-electron chi connectivity index (χ2n) is 4.62. The molecule has 0 atom stereocenters. The maximum Gasteiger partial charge on any atom is 0.114 e. The van der Waals surface area contributed by atoms with Crippen molar-refractivity contribution in [2.75, 3.05) is 6.54 Å². The summed E-state index contributed by atoms with van der Waals surface area (Å²) in [7, 11) is 0. The van der Waals surface area contributed by atoms with Crippen LogP contribution in [0.25, 0.3) is 0 Å². The Labute approximate surface area is 89.1 Å². The van der Waals surface area contributed by atoms with Crippen LogP contribution in [0, 0.1) is 0 Å². The Balaban J connectivity index is 2.25. The summed E-state index contributed by atoms with van der Waals surface area (Å²) in [5, 5.41) is 11.3. The van der Waals surface area contributed by atoms with E-state index < -0.39 is 0 Å². The lowest BCUT2D eigenvalue weighted by molar-refractivity contribution is 0.587. The average Bonchev–Trinajstić information content (AvgIpc) is 2.69. The zero-order valence-corrected chi connectivity index (χ0v) is 9.23. The van der Waals surface area contributed by atoms with Crippen LogP contribution in [0.5, 0.6) is 0 Å². The second-order valence-corrected chi connectivity index (χ2v) is 4.62. The standard InChI is InChI=1S/C11H14N4/c1-11(2,3)8-4-5-9(12-6-8)10-7-13-15-14-10/h4-6H,7H2,1-3H3. The zero-order valence-electron chi connectivity index (χ0n) is 9.23. The number of pyridine rings is 1. The summed E-state index contributed by atoms with van der Waals surface area (Å²) in [6, 6.07) is 4.07. The van der Waals surface area contributed by atoms with Crippen LogP contribution in [0.4, 0.5) is 0 Å². The van der Waals surface area contributed by atoms with Gasteiger partial charge in [-0.1, -0.05) is 26.8 Å². The molecular formula is C11H14N4. The van der Waals surface area contributed by atoms with Gasteiger partial charge in [-0.2, -0.15) is 5.11 Å². The molecule has 0 saturated carbocycles. The Bertz CT molecular complexity index is 409. The molecule has 2 heterocycles. The Kier molecular flexibility index (Phi) is 2.34. The SMILES string of the molecule is CC(C)(C)c1ccc(C2=NN=NC2)nc1. The van der Waals surface area contributed by atoms with Crippen molar-refractivity contribution in [3.8, 4) is 0 Å². The predicted molar refractivity (Wildman–Crippen MR) is 59.2 cm³/mol. The van der Waals surface area contributed by atoms with Crippen molar-refractivity contribution in [3.63, 3.8) is 0 Å². The monoisotopic (exact) mass is 202 g/mol. The zero-order chi connectivity index (χ0) is 10.9. The van der Waals surface area contributed by atoms with Gasteiger partial charge in [0.2, 0.25) is 0 Å². The summed E-state index contributed by atoms with van der Waals surface area (Å²) in [5.41, 5.74) is 3.07. The highest BCUT2D eigenvalue weighted by Gasteiger charge is 2.15. The molecule has 1 aliphatic rings. The van der Waals surface area contributed by atoms with Crippen LogP contribution in [-0.2, 0) is 5.41 Å². The third-order valence-corrected chi connectivity index (χ3v) is 2.37. The van der Waals surface area contributed by atoms with Crippen molar-refractivity contribution in [1.29, 1.82) is 0 Å². The lowest BCUT2D eigenvalue weighted by atomic mass is 9.88. The molecule has 0 amide bonds. The molecule has 0 fully saturated rings. The van der Waals surface area contributed by atoms with Crippen LogP contribution in [-0.4, -0.2) is 17.2 Å². The molecule has 0 aliphatic carbocycles. The first-order valence-corrected chi connectivity index (χ1v) is 4.97. The van der Waals surface area contributed by atoms with E-state index in [1.165, 1.54) is 5.56 Å². The fourth-order valence-corrected chi connectivity index (χ4v) is 1.36. The van der Waals surface area contributed by atoms with Crippen LogP contribution in [0.2, 0.25) is 0 Å². The summed E-state index contributed by atoms with van der Waals surface area (Å²) in [6.07, 6.45) is 1.90. The van der Waals surface area contributed by atoms with E-state index >= 15 is 0 Å². The van der Waals surface area contributed by atoms with E-state index in [0.29, 0.717) is 6.54 Å². The molecule has 0 bridgehead atoms. The lowest BCUT2D eigenvalue weighted by Gasteiger charge is -2.18. The van der Waals surface area contributed by atoms with Crippen molar-refractivity contribution in [3.05, 3.63) is 29.6 Å². The highest BCUT2D eigenvalue weighted by atomic mass is 15.4. The predicted octanol–water partition coefficient (Wildman–Crippen LogP) is 2.55. The number of hydrogen-bond donors (Lipinski definition) is 0. The Morgan fingerprint density at radius 2 is 2.00 bits per heavy atom. The minimum absolute atomic E-state index is 0.137. The highest BCUT2D eigenvalue weighted by Crippen LogP contribution is 2.21. The first kappa shape index (κ1) is 9.96. The summed E-state index contributed by atoms with van der Waals surface area (Å²) in [6.45, 7) is 7.05. The molecule has 0 radical (unpaired) electrons. The van der Waals surface area contributed by atoms with Gasteiger partial charge >= 0.3 is 0 Å². The van der Waals surface area contributed by atoms with E-state index in [0.717, 1.165) is 11.4 Å². The van der Waals surface area contributed by atoms with E-state index in [9.17, 15) is 0 Å². The summed E-state index contributed by atoms with van der Waals surface area (Å²) in [5.74, 6) is 0. The van der Waals surface area contributed by atoms with Crippen molar-refractivity contribution in [1.82, 2.24) is 4.98 Å². The van der Waals surface area contributed by atoms with Crippen molar-refractivity contribution in [2.24, 2.45) is 15.4 Å². The molecule has 0 N–H and O–H groups in total. The summed E-state index contributed by atoms with van der Waals surface area (Å²) < 4.78 is 0. The highest BCUT2D eigenvalue weighted by molar-refractivity contribution is 6.00. The molecule has 1 aliphatic heterocycles. The minimum Gasteiger partial charge on any atom is -0.255 e. The third-order valence-electron chi connectivity index (χ3n) is 2.37. The van der Waals surface area contributed by atoms with Crippen LogP contribution in [0.3, 0.4) is 0 Å². The molecule has 2 rings (SSSR count). The van der Waals surface area contributed by atoms with Crippen LogP contribution in [0.15, 0.2) is 33.8 Å². The third kappa shape index (κ3) is 2.09. The molecule has 4 nitrogen and oxygen atoms in total. The fourth-order valence-electron chi connectivity index (χ4n) is 1.36. The first-order chi connectivity index (χ1) is 7.07. The van der Waals surface area contributed by atoms with Gasteiger partial charge in [0.15, 0.2) is 0 Å². The Morgan fingerprint density at radius 1 is 1.20 bits per heavy atom. The van der Waals surface area contributed by atoms with Crippen LogP contribution < -0.4 is 0 Å². The first-order valence-electron chi connectivity index (χ1n) is 4.97. The van der Waals surface area contributed by atoms with Crippen LogP contribution in [0.1, 0.15) is 32.0 Å². The van der Waals surface area contributed by atoms with E-state index in [2.05, 4.69) is 47.3 Å². The lowest BCUT2D eigenvalue weighted by Crippen LogP contribution is -2.13. The number of hydrogen-bond acceptors (Lipinski definition) is 4. The van der Waals surface area contributed by atoms with Gasteiger partial charge in [-0.05, 0) is 22.3 Å². The molecule has 0 aromatic carbocycles. The van der Waals surface area contributed by atoms with E-state index in [4.69, 9.17) is 0 Å². The maximum atomic E-state index is 4.38. The average molecular weight is 202 g/mol. The molecule has 15 heavy (non-hydrogen) atoms. The largest absolute Gasteiger partial charge is 0.255 e. The number of rotatable bonds is 1. The van der Waals surface area contributed by atoms with Crippen molar-refractivity contribution >= 4 is 5.71 Å². The van der Waals surface area contributed by atoms with Crippen molar-refractivity contribution < 1.29 is 0 Å². The van der Waals surface area contributed by atoms with Gasteiger partial charge < -0.3 is 0 Å². The topological polar surface area (TPSA) is 50.0 Å². The molecule has 1 aromatic heterocycles. The molecule has 78 valence electrons. The quantitative estimate of drug-likeness (QED) is 0.690. The minimum atomic E-state index is 0.137. The number of aromatic nitrogens is 1. The van der Waals surface area contributed by atoms with Gasteiger partial charge in [-0.15, -0.1) is 5.10 Å². The van der Waals surface area contributed by atoms with Gasteiger partial charge in [0, 0.05) is 6.20 Å². The summed E-state index contributed by atoms with van der Waals surface area (Å²) >= 11 is 0. The van der Waals surface area contributed by atoms with E-state index in [1.807, 2.05) is 12.3 Å². The second kappa shape index (κ2) is 3.53. The van der Waals surface area contributed by atoms with Gasteiger partial charge in [-0.3, -0.25) is 4.98 Å². The number of nitrogens with zero attached hydrogens (tertiary/aromatic N) is 4. The van der Waals surface area contributed by atoms with Crippen LogP contribution >= 0.6 is 0 Å². The van der Waals surface area contributed by atoms with Gasteiger partial charge in [0.05, 0.1) is 5.69 Å². The van der Waals surface area contributed by atoms with Crippen molar-refractivity contribution in [2.45, 2.75) is 26.2 Å². The molecule has 4 heteroatoms. The smallest absolute Gasteiger partial charge is 0.114 e. The Morgan fingerprint density at radius 3 is 2.47 bits per heavy atom. The van der Waals surface area contributed by atoms with Gasteiger partial charge in [0.1, 0.15) is 12.3 Å². The van der Waals surface area contributed by atoms with E-state index in [1.54, 1.807) is 0 Å².